The first-order valence-electron chi connectivity index (χ1n) is 4.87. The Bertz CT molecular complexity index is 202. The van der Waals surface area contributed by atoms with Gasteiger partial charge >= 0.3 is 0 Å². The minimum absolute atomic E-state index is 0. The second kappa shape index (κ2) is 10.8. The lowest BCUT2D eigenvalue weighted by atomic mass is 10.2. The SMILES string of the molecule is CCCCCC[n+]1ccccc1.Cl.[Cl-]. The Balaban J connectivity index is 0. The summed E-state index contributed by atoms with van der Waals surface area (Å²) < 4.78 is 2.25. The summed E-state index contributed by atoms with van der Waals surface area (Å²) in [6.07, 6.45) is 9.62. The van der Waals surface area contributed by atoms with Crippen LogP contribution in [0.25, 0.3) is 0 Å². The van der Waals surface area contributed by atoms with E-state index in [9.17, 15) is 0 Å². The van der Waals surface area contributed by atoms with Crippen LogP contribution in [0.15, 0.2) is 30.6 Å². The smallest absolute Gasteiger partial charge is 0.168 e. The third-order valence-electron chi connectivity index (χ3n) is 2.05. The molecule has 0 aromatic carbocycles. The van der Waals surface area contributed by atoms with Crippen molar-refractivity contribution in [3.05, 3.63) is 30.6 Å². The van der Waals surface area contributed by atoms with Crippen molar-refractivity contribution in [1.29, 1.82) is 0 Å². The number of aryl methyl sites for hydroxylation is 1. The average molecular weight is 236 g/mol. The van der Waals surface area contributed by atoms with Gasteiger partial charge in [-0.05, 0) is 6.42 Å². The third kappa shape index (κ3) is 7.16. The Labute approximate surface area is 99.4 Å². The number of halogens is 2. The van der Waals surface area contributed by atoms with E-state index in [1.807, 2.05) is 0 Å². The zero-order chi connectivity index (χ0) is 8.65. The van der Waals surface area contributed by atoms with Gasteiger partial charge in [0.05, 0.1) is 0 Å². The second-order valence-corrected chi connectivity index (χ2v) is 3.17. The van der Waals surface area contributed by atoms with E-state index in [-0.39, 0.29) is 24.8 Å². The van der Waals surface area contributed by atoms with Crippen molar-refractivity contribution in [2.24, 2.45) is 0 Å². The number of unbranched alkanes of at least 4 members (excludes halogenated alkanes) is 3. The van der Waals surface area contributed by atoms with Gasteiger partial charge in [0.15, 0.2) is 12.4 Å². The summed E-state index contributed by atoms with van der Waals surface area (Å²) in [5.74, 6) is 0. The molecule has 3 heteroatoms. The highest BCUT2D eigenvalue weighted by Gasteiger charge is 1.95. The second-order valence-electron chi connectivity index (χ2n) is 3.17. The van der Waals surface area contributed by atoms with Crippen LogP contribution in [0, 0.1) is 0 Å². The highest BCUT2D eigenvalue weighted by atomic mass is 35.5. The molecular formula is C11H19Cl2N. The van der Waals surface area contributed by atoms with Crippen molar-refractivity contribution >= 4 is 12.4 Å². The van der Waals surface area contributed by atoms with Gasteiger partial charge in [-0.15, -0.1) is 12.4 Å². The average Bonchev–Trinajstić information content (AvgIpc) is 2.14. The molecule has 0 amide bonds. The standard InChI is InChI=1S/C11H18N.2ClH/c1-2-3-4-6-9-12-10-7-5-8-11-12;;/h5,7-8,10-11H,2-4,6,9H2,1H3;2*1H/q+1;;/p-1. The predicted octanol–water partition coefficient (Wildman–Crippen LogP) is -0.0198. The highest BCUT2D eigenvalue weighted by Crippen LogP contribution is 1.97. The van der Waals surface area contributed by atoms with Crippen LogP contribution in [0.1, 0.15) is 32.6 Å². The molecule has 82 valence electrons. The summed E-state index contributed by atoms with van der Waals surface area (Å²) >= 11 is 0. The molecule has 1 rings (SSSR count). The van der Waals surface area contributed by atoms with Crippen molar-refractivity contribution in [3.8, 4) is 0 Å². The summed E-state index contributed by atoms with van der Waals surface area (Å²) in [4.78, 5) is 0. The maximum atomic E-state index is 2.25. The minimum atomic E-state index is 0. The molecule has 0 fully saturated rings. The third-order valence-corrected chi connectivity index (χ3v) is 2.05. The van der Waals surface area contributed by atoms with Crippen molar-refractivity contribution in [3.63, 3.8) is 0 Å². The fourth-order valence-electron chi connectivity index (χ4n) is 1.30. The van der Waals surface area contributed by atoms with E-state index in [0.29, 0.717) is 0 Å². The number of hydrogen-bond acceptors (Lipinski definition) is 0. The van der Waals surface area contributed by atoms with E-state index in [4.69, 9.17) is 0 Å². The van der Waals surface area contributed by atoms with Gasteiger partial charge in [0, 0.05) is 18.6 Å². The Morgan fingerprint density at radius 1 is 0.929 bits per heavy atom. The van der Waals surface area contributed by atoms with E-state index in [1.165, 1.54) is 32.2 Å². The molecule has 0 unspecified atom stereocenters. The van der Waals surface area contributed by atoms with Gasteiger partial charge in [0.2, 0.25) is 0 Å². The Hall–Kier alpha value is -0.270. The van der Waals surface area contributed by atoms with Crippen LogP contribution in [0.2, 0.25) is 0 Å². The van der Waals surface area contributed by atoms with Crippen LogP contribution in [0.3, 0.4) is 0 Å². The number of pyridine rings is 1. The number of hydrogen-bond donors (Lipinski definition) is 0. The van der Waals surface area contributed by atoms with Gasteiger partial charge in [-0.2, -0.15) is 0 Å². The molecule has 1 aromatic rings. The molecule has 1 aromatic heterocycles. The van der Waals surface area contributed by atoms with Crippen LogP contribution < -0.4 is 17.0 Å². The molecule has 1 heterocycles. The van der Waals surface area contributed by atoms with E-state index >= 15 is 0 Å². The highest BCUT2D eigenvalue weighted by molar-refractivity contribution is 5.85. The Kier molecular flexibility index (Phi) is 12.5. The summed E-state index contributed by atoms with van der Waals surface area (Å²) in [6, 6.07) is 6.22. The maximum Gasteiger partial charge on any atom is 0.168 e. The quantitative estimate of drug-likeness (QED) is 0.500. The summed E-state index contributed by atoms with van der Waals surface area (Å²) in [5, 5.41) is 0. The molecule has 0 saturated heterocycles. The number of aromatic nitrogens is 1. The fraction of sp³-hybridized carbons (Fsp3) is 0.545. The molecule has 0 bridgehead atoms. The maximum absolute atomic E-state index is 2.25. The summed E-state index contributed by atoms with van der Waals surface area (Å²) in [6.45, 7) is 3.41. The van der Waals surface area contributed by atoms with E-state index in [0.717, 1.165) is 0 Å². The monoisotopic (exact) mass is 235 g/mol. The summed E-state index contributed by atoms with van der Waals surface area (Å²) in [7, 11) is 0. The van der Waals surface area contributed by atoms with E-state index in [2.05, 4.69) is 42.1 Å². The molecule has 0 N–H and O–H groups in total. The lowest BCUT2D eigenvalue weighted by molar-refractivity contribution is -0.697. The van der Waals surface area contributed by atoms with Gasteiger partial charge in [0.1, 0.15) is 6.54 Å². The van der Waals surface area contributed by atoms with Crippen molar-refractivity contribution in [2.75, 3.05) is 0 Å². The molecule has 0 atom stereocenters. The van der Waals surface area contributed by atoms with Gasteiger partial charge in [-0.1, -0.05) is 25.8 Å². The topological polar surface area (TPSA) is 3.88 Å². The molecule has 0 spiro atoms. The molecule has 1 nitrogen and oxygen atoms in total. The Morgan fingerprint density at radius 3 is 2.14 bits per heavy atom. The van der Waals surface area contributed by atoms with E-state index in [1.54, 1.807) is 0 Å². The first-order chi connectivity index (χ1) is 5.93. The normalized spacial score (nSPS) is 8.64. The molecule has 0 saturated carbocycles. The van der Waals surface area contributed by atoms with Crippen molar-refractivity contribution < 1.29 is 17.0 Å². The predicted molar refractivity (Wildman–Crippen MR) is 58.0 cm³/mol. The van der Waals surface area contributed by atoms with Gasteiger partial charge in [0.25, 0.3) is 0 Å². The van der Waals surface area contributed by atoms with Gasteiger partial charge in [-0.3, -0.25) is 0 Å². The first-order valence-corrected chi connectivity index (χ1v) is 4.87. The van der Waals surface area contributed by atoms with Crippen LogP contribution >= 0.6 is 12.4 Å². The van der Waals surface area contributed by atoms with Crippen molar-refractivity contribution in [1.82, 2.24) is 0 Å². The zero-order valence-corrected chi connectivity index (χ0v) is 10.2. The van der Waals surface area contributed by atoms with Crippen LogP contribution in [-0.4, -0.2) is 0 Å². The minimum Gasteiger partial charge on any atom is -1.00 e. The lowest BCUT2D eigenvalue weighted by Gasteiger charge is -1.95. The number of rotatable bonds is 5. The largest absolute Gasteiger partial charge is 1.00 e. The molecule has 0 aliphatic carbocycles. The van der Waals surface area contributed by atoms with E-state index < -0.39 is 0 Å². The zero-order valence-electron chi connectivity index (χ0n) is 8.66. The molecule has 0 aliphatic rings. The Morgan fingerprint density at radius 2 is 1.57 bits per heavy atom. The molecular weight excluding hydrogens is 217 g/mol. The first kappa shape index (κ1) is 16.2. The lowest BCUT2D eigenvalue weighted by Crippen LogP contribution is -3.00. The fourth-order valence-corrected chi connectivity index (χ4v) is 1.30. The van der Waals surface area contributed by atoms with Gasteiger partial charge < -0.3 is 12.4 Å². The van der Waals surface area contributed by atoms with Crippen molar-refractivity contribution in [2.45, 2.75) is 39.2 Å². The van der Waals surface area contributed by atoms with Crippen LogP contribution in [0.4, 0.5) is 0 Å². The van der Waals surface area contributed by atoms with Crippen LogP contribution in [0.5, 0.6) is 0 Å². The van der Waals surface area contributed by atoms with Crippen LogP contribution in [-0.2, 0) is 6.54 Å². The molecule has 0 radical (unpaired) electrons. The summed E-state index contributed by atoms with van der Waals surface area (Å²) in [5.41, 5.74) is 0. The molecule has 14 heavy (non-hydrogen) atoms. The van der Waals surface area contributed by atoms with Gasteiger partial charge in [-0.25, -0.2) is 4.57 Å². The number of nitrogens with zero attached hydrogens (tertiary/aromatic N) is 1. The molecule has 0 aliphatic heterocycles.